The molecule has 0 aromatic carbocycles. The van der Waals surface area contributed by atoms with Crippen LogP contribution in [-0.2, 0) is 7.05 Å². The number of anilines is 1. The second-order valence-electron chi connectivity index (χ2n) is 8.63. The molecule has 0 spiro atoms. The first-order chi connectivity index (χ1) is 13.1. The molecule has 27 heavy (non-hydrogen) atoms. The minimum Gasteiger partial charge on any atom is -0.382 e. The summed E-state index contributed by atoms with van der Waals surface area (Å²) in [5, 5.41) is 12.4. The number of H-pyrrole nitrogens is 1. The van der Waals surface area contributed by atoms with E-state index in [0.29, 0.717) is 34.7 Å². The van der Waals surface area contributed by atoms with Crippen LogP contribution in [0.15, 0.2) is 17.1 Å². The average molecular weight is 364 g/mol. The van der Waals surface area contributed by atoms with Crippen LogP contribution in [0.4, 0.5) is 5.82 Å². The van der Waals surface area contributed by atoms with Gasteiger partial charge in [0.25, 0.3) is 5.56 Å². The predicted octanol–water partition coefficient (Wildman–Crippen LogP) is 2.95. The van der Waals surface area contributed by atoms with Gasteiger partial charge in [0.05, 0.1) is 11.2 Å². The van der Waals surface area contributed by atoms with Gasteiger partial charge >= 0.3 is 0 Å². The Kier molecular flexibility index (Phi) is 3.01. The number of nitrogens with zero attached hydrogens (tertiary/aromatic N) is 4. The largest absolute Gasteiger partial charge is 0.382 e. The Bertz CT molecular complexity index is 1100. The van der Waals surface area contributed by atoms with Gasteiger partial charge < -0.3 is 10.3 Å². The fourth-order valence-corrected chi connectivity index (χ4v) is 4.66. The van der Waals surface area contributed by atoms with Gasteiger partial charge in [-0.3, -0.25) is 14.6 Å². The van der Waals surface area contributed by atoms with E-state index in [2.05, 4.69) is 16.3 Å². The topological polar surface area (TPSA) is 94.5 Å². The van der Waals surface area contributed by atoms with Crippen LogP contribution < -0.4 is 11.3 Å². The lowest BCUT2D eigenvalue weighted by atomic mass is 10.0. The SMILES string of the molecule is Cn1nc(-c2cn(C(C3CC3)C3CC3)c(=O)c3c(N)n[nH]c23)cc1C1CC1. The van der Waals surface area contributed by atoms with Crippen molar-refractivity contribution < 1.29 is 0 Å². The predicted molar refractivity (Wildman–Crippen MR) is 103 cm³/mol. The molecule has 0 aliphatic heterocycles. The molecule has 0 saturated heterocycles. The van der Waals surface area contributed by atoms with E-state index in [-0.39, 0.29) is 11.4 Å². The van der Waals surface area contributed by atoms with E-state index in [0.717, 1.165) is 11.3 Å². The number of aryl methyl sites for hydroxylation is 1. The second kappa shape index (κ2) is 5.24. The highest BCUT2D eigenvalue weighted by atomic mass is 16.1. The molecule has 3 aliphatic rings. The Morgan fingerprint density at radius 3 is 2.52 bits per heavy atom. The summed E-state index contributed by atoms with van der Waals surface area (Å²) in [6.45, 7) is 0. The van der Waals surface area contributed by atoms with Gasteiger partial charge in [-0.2, -0.15) is 10.2 Å². The van der Waals surface area contributed by atoms with Crippen LogP contribution in [0.3, 0.4) is 0 Å². The third-order valence-electron chi connectivity index (χ3n) is 6.50. The number of hydrogen-bond donors (Lipinski definition) is 2. The number of aromatic amines is 1. The highest BCUT2D eigenvalue weighted by Gasteiger charge is 2.43. The normalized spacial score (nSPS) is 20.1. The van der Waals surface area contributed by atoms with Crippen molar-refractivity contribution in [1.29, 1.82) is 0 Å². The molecule has 0 amide bonds. The van der Waals surface area contributed by atoms with Crippen molar-refractivity contribution in [2.45, 2.75) is 50.5 Å². The molecule has 3 aliphatic carbocycles. The number of nitrogen functional groups attached to an aromatic ring is 1. The number of nitrogens with two attached hydrogens (primary N) is 1. The van der Waals surface area contributed by atoms with Crippen LogP contribution in [0, 0.1) is 11.8 Å². The number of fused-ring (bicyclic) bond motifs is 1. The summed E-state index contributed by atoms with van der Waals surface area (Å²) in [5.41, 5.74) is 9.88. The first kappa shape index (κ1) is 15.5. The zero-order valence-corrected chi connectivity index (χ0v) is 15.5. The van der Waals surface area contributed by atoms with Gasteiger partial charge in [-0.25, -0.2) is 0 Å². The van der Waals surface area contributed by atoms with Gasteiger partial charge in [0, 0.05) is 36.5 Å². The summed E-state index contributed by atoms with van der Waals surface area (Å²) in [5.74, 6) is 2.16. The maximum Gasteiger partial charge on any atom is 0.264 e. The fourth-order valence-electron chi connectivity index (χ4n) is 4.66. The van der Waals surface area contributed by atoms with Crippen LogP contribution in [0.25, 0.3) is 22.2 Å². The van der Waals surface area contributed by atoms with Crippen LogP contribution >= 0.6 is 0 Å². The first-order valence-electron chi connectivity index (χ1n) is 10.0. The summed E-state index contributed by atoms with van der Waals surface area (Å²) >= 11 is 0. The van der Waals surface area contributed by atoms with E-state index >= 15 is 0 Å². The Labute approximate surface area is 156 Å². The van der Waals surface area contributed by atoms with Crippen LogP contribution in [0.1, 0.15) is 56.2 Å². The molecule has 140 valence electrons. The first-order valence-corrected chi connectivity index (χ1v) is 10.0. The highest BCUT2D eigenvalue weighted by molar-refractivity contribution is 5.97. The van der Waals surface area contributed by atoms with E-state index in [1.807, 2.05) is 22.5 Å². The van der Waals surface area contributed by atoms with E-state index in [4.69, 9.17) is 10.8 Å². The van der Waals surface area contributed by atoms with Gasteiger partial charge in [0.1, 0.15) is 5.39 Å². The molecule has 3 aromatic rings. The summed E-state index contributed by atoms with van der Waals surface area (Å²) < 4.78 is 3.94. The third kappa shape index (κ3) is 2.37. The fraction of sp³-hybridized carbons (Fsp3) is 0.550. The van der Waals surface area contributed by atoms with Crippen molar-refractivity contribution in [1.82, 2.24) is 24.5 Å². The Balaban J connectivity index is 1.59. The third-order valence-corrected chi connectivity index (χ3v) is 6.50. The van der Waals surface area contributed by atoms with Gasteiger partial charge in [-0.05, 0) is 56.4 Å². The van der Waals surface area contributed by atoms with Crippen molar-refractivity contribution >= 4 is 16.7 Å². The van der Waals surface area contributed by atoms with E-state index < -0.39 is 0 Å². The Morgan fingerprint density at radius 2 is 1.89 bits per heavy atom. The molecule has 0 bridgehead atoms. The van der Waals surface area contributed by atoms with Crippen molar-refractivity contribution in [3.05, 3.63) is 28.3 Å². The van der Waals surface area contributed by atoms with Crippen molar-refractivity contribution in [2.24, 2.45) is 18.9 Å². The van der Waals surface area contributed by atoms with E-state index in [1.54, 1.807) is 0 Å². The molecular formula is C20H24N6O. The number of aromatic nitrogens is 5. The minimum absolute atomic E-state index is 0.0119. The molecule has 7 nitrogen and oxygen atoms in total. The molecule has 3 heterocycles. The maximum atomic E-state index is 13.3. The summed E-state index contributed by atoms with van der Waals surface area (Å²) in [7, 11) is 2.00. The van der Waals surface area contributed by atoms with Gasteiger partial charge in [-0.15, -0.1) is 0 Å². The lowest BCUT2D eigenvalue weighted by Crippen LogP contribution is -2.27. The number of nitrogens with one attached hydrogen (secondary N) is 1. The lowest BCUT2D eigenvalue weighted by molar-refractivity contribution is 0.386. The van der Waals surface area contributed by atoms with Crippen LogP contribution in [0.2, 0.25) is 0 Å². The van der Waals surface area contributed by atoms with Gasteiger partial charge in [0.2, 0.25) is 0 Å². The van der Waals surface area contributed by atoms with Crippen molar-refractivity contribution in [3.63, 3.8) is 0 Å². The monoisotopic (exact) mass is 364 g/mol. The molecular weight excluding hydrogens is 340 g/mol. The van der Waals surface area contributed by atoms with E-state index in [1.165, 1.54) is 44.2 Å². The molecule has 6 rings (SSSR count). The summed E-state index contributed by atoms with van der Waals surface area (Å²) in [6, 6.07) is 2.46. The zero-order valence-electron chi connectivity index (χ0n) is 15.5. The molecule has 0 unspecified atom stereocenters. The van der Waals surface area contributed by atoms with Crippen molar-refractivity contribution in [2.75, 3.05) is 5.73 Å². The molecule has 3 fully saturated rings. The number of pyridine rings is 1. The van der Waals surface area contributed by atoms with Crippen LogP contribution in [-0.4, -0.2) is 24.5 Å². The van der Waals surface area contributed by atoms with Crippen molar-refractivity contribution in [3.8, 4) is 11.3 Å². The number of rotatable bonds is 5. The zero-order chi connectivity index (χ0) is 18.3. The molecule has 0 radical (unpaired) electrons. The second-order valence-corrected chi connectivity index (χ2v) is 8.63. The standard InChI is InChI=1S/C20H24N6O/c1-25-15(10-2-3-10)8-14(24-25)13-9-26(18(11-4-5-11)12-6-7-12)20(27)16-17(13)22-23-19(16)21/h8-12,18H,2-7H2,1H3,(H3,21,22,23). The Hall–Kier alpha value is -2.57. The molecule has 3 N–H and O–H groups in total. The maximum absolute atomic E-state index is 13.3. The van der Waals surface area contributed by atoms with Gasteiger partial charge in [0.15, 0.2) is 5.82 Å². The number of hydrogen-bond acceptors (Lipinski definition) is 4. The van der Waals surface area contributed by atoms with Gasteiger partial charge in [-0.1, -0.05) is 0 Å². The minimum atomic E-state index is -0.0119. The Morgan fingerprint density at radius 1 is 1.19 bits per heavy atom. The quantitative estimate of drug-likeness (QED) is 0.728. The smallest absolute Gasteiger partial charge is 0.264 e. The molecule has 7 heteroatoms. The van der Waals surface area contributed by atoms with Crippen LogP contribution in [0.5, 0.6) is 0 Å². The molecule has 0 atom stereocenters. The highest BCUT2D eigenvalue weighted by Crippen LogP contribution is 2.52. The lowest BCUT2D eigenvalue weighted by Gasteiger charge is -2.20. The molecule has 3 aromatic heterocycles. The molecule has 3 saturated carbocycles. The average Bonchev–Trinajstić information content (AvgIpc) is 3.51. The summed E-state index contributed by atoms with van der Waals surface area (Å²) in [4.78, 5) is 13.3. The summed E-state index contributed by atoms with van der Waals surface area (Å²) in [6.07, 6.45) is 9.36. The van der Waals surface area contributed by atoms with E-state index in [9.17, 15) is 4.79 Å².